The van der Waals surface area contributed by atoms with Crippen LogP contribution in [0.25, 0.3) is 0 Å². The minimum atomic E-state index is -0.187. The Morgan fingerprint density at radius 3 is 1.87 bits per heavy atom. The highest BCUT2D eigenvalue weighted by atomic mass is 127. The van der Waals surface area contributed by atoms with Gasteiger partial charge in [0.05, 0.1) is 12.2 Å². The van der Waals surface area contributed by atoms with Crippen LogP contribution >= 0.6 is 22.6 Å². The molecule has 0 saturated heterocycles. The van der Waals surface area contributed by atoms with Gasteiger partial charge in [0, 0.05) is 3.92 Å². The first-order valence-corrected chi connectivity index (χ1v) is 14.9. The van der Waals surface area contributed by atoms with Gasteiger partial charge in [0.25, 0.3) is 0 Å². The molecule has 0 amide bonds. The molecule has 2 N–H and O–H groups in total. The van der Waals surface area contributed by atoms with Gasteiger partial charge in [0.1, 0.15) is 0 Å². The van der Waals surface area contributed by atoms with Crippen LogP contribution in [0.3, 0.4) is 0 Å². The highest BCUT2D eigenvalue weighted by Gasteiger charge is 2.31. The number of hydrogen-bond acceptors (Lipinski definition) is 2. The summed E-state index contributed by atoms with van der Waals surface area (Å²) >= 11 is 2.55. The largest absolute Gasteiger partial charge is 0.393 e. The zero-order valence-corrected chi connectivity index (χ0v) is 23.8. The molecule has 1 saturated carbocycles. The normalized spacial score (nSPS) is 24.5. The van der Waals surface area contributed by atoms with Crippen LogP contribution in [0.2, 0.25) is 0 Å². The lowest BCUT2D eigenvalue weighted by Crippen LogP contribution is -2.28. The number of rotatable bonds is 17. The van der Waals surface area contributed by atoms with Crippen molar-refractivity contribution >= 4 is 22.6 Å². The predicted octanol–water partition coefficient (Wildman–Crippen LogP) is 8.41. The first kappa shape index (κ1) is 29.7. The Bertz CT molecular complexity index is 439. The van der Waals surface area contributed by atoms with Gasteiger partial charge in [0.2, 0.25) is 0 Å². The maximum Gasteiger partial charge on any atom is 0.0591 e. The van der Waals surface area contributed by atoms with E-state index in [0.717, 1.165) is 35.5 Å². The van der Waals surface area contributed by atoms with Gasteiger partial charge in [0.15, 0.2) is 0 Å². The molecule has 5 unspecified atom stereocenters. The van der Waals surface area contributed by atoms with Crippen molar-refractivity contribution in [3.05, 3.63) is 0 Å². The number of halogens is 1. The third-order valence-electron chi connectivity index (χ3n) is 8.04. The summed E-state index contributed by atoms with van der Waals surface area (Å²) in [5.74, 6) is 3.26. The van der Waals surface area contributed by atoms with Crippen molar-refractivity contribution in [1.82, 2.24) is 0 Å². The lowest BCUT2D eigenvalue weighted by molar-refractivity contribution is 0.0448. The van der Waals surface area contributed by atoms with E-state index in [2.05, 4.69) is 64.1 Å². The quantitative estimate of drug-likeness (QED) is 0.108. The van der Waals surface area contributed by atoms with E-state index in [1.54, 1.807) is 0 Å². The molecular weight excluding hydrogens is 495 g/mol. The number of alkyl halides is 1. The number of unbranched alkanes of at least 4 members (excludes halogenated alkanes) is 4. The van der Waals surface area contributed by atoms with Gasteiger partial charge in [-0.05, 0) is 80.5 Å². The summed E-state index contributed by atoms with van der Waals surface area (Å²) in [6.07, 6.45) is 15.7. The zero-order valence-electron chi connectivity index (χ0n) is 21.7. The van der Waals surface area contributed by atoms with Crippen LogP contribution in [0, 0.1) is 35.5 Å². The molecule has 0 aromatic rings. The molecule has 0 aromatic heterocycles. The molecule has 2 nitrogen and oxygen atoms in total. The molecule has 1 aliphatic carbocycles. The van der Waals surface area contributed by atoms with Crippen molar-refractivity contribution in [2.45, 2.75) is 141 Å². The average Bonchev–Trinajstić information content (AvgIpc) is 3.15. The second-order valence-electron chi connectivity index (χ2n) is 11.7. The van der Waals surface area contributed by atoms with E-state index in [9.17, 15) is 10.2 Å². The van der Waals surface area contributed by atoms with Crippen LogP contribution in [0.5, 0.6) is 0 Å². The first-order chi connectivity index (χ1) is 14.6. The van der Waals surface area contributed by atoms with E-state index in [-0.39, 0.29) is 12.2 Å². The molecule has 31 heavy (non-hydrogen) atoms. The number of aliphatic hydroxyl groups excluding tert-OH is 2. The molecular formula is C28H55IO2. The molecule has 0 radical (unpaired) electrons. The Kier molecular flexibility index (Phi) is 15.6. The van der Waals surface area contributed by atoms with Crippen molar-refractivity contribution < 1.29 is 10.2 Å². The average molecular weight is 551 g/mol. The van der Waals surface area contributed by atoms with E-state index in [4.69, 9.17) is 0 Å². The fourth-order valence-electron chi connectivity index (χ4n) is 5.46. The highest BCUT2D eigenvalue weighted by Crippen LogP contribution is 2.37. The summed E-state index contributed by atoms with van der Waals surface area (Å²) in [5, 5.41) is 21.7. The van der Waals surface area contributed by atoms with Crippen molar-refractivity contribution in [2.75, 3.05) is 0 Å². The third kappa shape index (κ3) is 12.6. The zero-order chi connectivity index (χ0) is 23.4. The summed E-state index contributed by atoms with van der Waals surface area (Å²) < 4.78 is 0.756. The summed E-state index contributed by atoms with van der Waals surface area (Å²) in [5.41, 5.74) is 0. The number of hydrogen-bond donors (Lipinski definition) is 2. The minimum absolute atomic E-state index is 0.133. The maximum atomic E-state index is 10.9. The molecule has 0 aromatic carbocycles. The van der Waals surface area contributed by atoms with E-state index < -0.39 is 0 Å². The standard InChI is InChI=1S/C28H55IO2/c1-20(2)12-10-8-7-9-11-13-22(5)28(31)23(6)14-15-24(21(3)4)19-27(30)25-16-17-26(29)18-25/h20-28,30-31H,7-19H2,1-6H3/t22?,23?,24-,25?,26-,27?,28?/m0/s1. The van der Waals surface area contributed by atoms with Crippen LogP contribution in [0.1, 0.15) is 125 Å². The summed E-state index contributed by atoms with van der Waals surface area (Å²) in [4.78, 5) is 0. The van der Waals surface area contributed by atoms with Crippen LogP contribution < -0.4 is 0 Å². The van der Waals surface area contributed by atoms with E-state index in [0.29, 0.717) is 29.6 Å². The van der Waals surface area contributed by atoms with Crippen LogP contribution in [0.15, 0.2) is 0 Å². The van der Waals surface area contributed by atoms with Crippen molar-refractivity contribution in [3.8, 4) is 0 Å². The maximum absolute atomic E-state index is 10.9. The molecule has 1 aliphatic rings. The fraction of sp³-hybridized carbons (Fsp3) is 1.00. The third-order valence-corrected chi connectivity index (χ3v) is 9.17. The van der Waals surface area contributed by atoms with Gasteiger partial charge >= 0.3 is 0 Å². The van der Waals surface area contributed by atoms with E-state index in [1.807, 2.05) is 0 Å². The Hall–Kier alpha value is 0.650. The van der Waals surface area contributed by atoms with Crippen molar-refractivity contribution in [1.29, 1.82) is 0 Å². The number of aliphatic hydroxyl groups is 2. The second-order valence-corrected chi connectivity index (χ2v) is 13.5. The van der Waals surface area contributed by atoms with E-state index in [1.165, 1.54) is 57.8 Å². The second kappa shape index (κ2) is 16.3. The van der Waals surface area contributed by atoms with Gasteiger partial charge < -0.3 is 10.2 Å². The smallest absolute Gasteiger partial charge is 0.0591 e. The Balaban J connectivity index is 2.28. The van der Waals surface area contributed by atoms with E-state index >= 15 is 0 Å². The summed E-state index contributed by atoms with van der Waals surface area (Å²) in [7, 11) is 0. The Morgan fingerprint density at radius 1 is 0.742 bits per heavy atom. The first-order valence-electron chi connectivity index (χ1n) is 13.6. The Morgan fingerprint density at radius 2 is 1.32 bits per heavy atom. The lowest BCUT2D eigenvalue weighted by atomic mass is 9.79. The van der Waals surface area contributed by atoms with Gasteiger partial charge in [-0.3, -0.25) is 0 Å². The fourth-order valence-corrected chi connectivity index (χ4v) is 6.48. The lowest BCUT2D eigenvalue weighted by Gasteiger charge is -2.30. The van der Waals surface area contributed by atoms with Gasteiger partial charge in [-0.1, -0.05) is 103 Å². The van der Waals surface area contributed by atoms with Gasteiger partial charge in [-0.25, -0.2) is 0 Å². The molecule has 1 rings (SSSR count). The topological polar surface area (TPSA) is 40.5 Å². The summed E-state index contributed by atoms with van der Waals surface area (Å²) in [6.45, 7) is 13.7. The highest BCUT2D eigenvalue weighted by molar-refractivity contribution is 14.1. The molecule has 0 spiro atoms. The van der Waals surface area contributed by atoms with Crippen LogP contribution in [0.4, 0.5) is 0 Å². The predicted molar refractivity (Wildman–Crippen MR) is 145 cm³/mol. The Labute approximate surface area is 208 Å². The van der Waals surface area contributed by atoms with Crippen LogP contribution in [-0.4, -0.2) is 26.3 Å². The SMILES string of the molecule is CC(C)CCCCCCCC(C)C(O)C(C)CC[C@@H](CC(O)C1CC[C@H](I)C1)C(C)C. The van der Waals surface area contributed by atoms with Gasteiger partial charge in [-0.15, -0.1) is 0 Å². The minimum Gasteiger partial charge on any atom is -0.393 e. The molecule has 0 aliphatic heterocycles. The molecule has 186 valence electrons. The molecule has 7 atom stereocenters. The van der Waals surface area contributed by atoms with Gasteiger partial charge in [-0.2, -0.15) is 0 Å². The van der Waals surface area contributed by atoms with Crippen LogP contribution in [-0.2, 0) is 0 Å². The molecule has 0 bridgehead atoms. The molecule has 1 fully saturated rings. The monoisotopic (exact) mass is 550 g/mol. The molecule has 0 heterocycles. The summed E-state index contributed by atoms with van der Waals surface area (Å²) in [6, 6.07) is 0. The van der Waals surface area contributed by atoms with Crippen molar-refractivity contribution in [2.24, 2.45) is 35.5 Å². The van der Waals surface area contributed by atoms with Crippen molar-refractivity contribution in [3.63, 3.8) is 0 Å². The molecule has 3 heteroatoms.